The third kappa shape index (κ3) is 6.68. The smallest absolute Gasteiger partial charge is 0.271 e. The molecule has 0 unspecified atom stereocenters. The van der Waals surface area contributed by atoms with Gasteiger partial charge in [-0.2, -0.15) is 0 Å². The molecule has 0 aromatic heterocycles. The molecule has 3 amide bonds. The normalized spacial score (nSPS) is 16.7. The van der Waals surface area contributed by atoms with E-state index in [2.05, 4.69) is 16.0 Å². The average Bonchev–Trinajstić information content (AvgIpc) is 2.89. The molecule has 3 N–H and O–H groups in total. The largest absolute Gasteiger partial charge is 0.326 e. The Balaban J connectivity index is 1.56. The summed E-state index contributed by atoms with van der Waals surface area (Å²) in [4.78, 5) is 49.3. The molecule has 2 fully saturated rings. The van der Waals surface area contributed by atoms with Gasteiger partial charge in [-0.05, 0) is 49.9 Å². The lowest BCUT2D eigenvalue weighted by Gasteiger charge is -2.22. The van der Waals surface area contributed by atoms with Crippen LogP contribution in [-0.4, -0.2) is 22.6 Å². The molecule has 2 aliphatic rings. The number of rotatable bonds is 7. The van der Waals surface area contributed by atoms with Crippen molar-refractivity contribution in [2.75, 3.05) is 16.0 Å². The molecule has 2 saturated carbocycles. The first-order valence-corrected chi connectivity index (χ1v) is 12.7. The van der Waals surface area contributed by atoms with E-state index in [1.165, 1.54) is 18.2 Å². The zero-order valence-corrected chi connectivity index (χ0v) is 20.3. The number of amides is 3. The minimum atomic E-state index is -0.532. The van der Waals surface area contributed by atoms with E-state index in [4.69, 9.17) is 0 Å². The Morgan fingerprint density at radius 3 is 1.72 bits per heavy atom. The lowest BCUT2D eigenvalue weighted by atomic mass is 9.88. The molecule has 0 aliphatic heterocycles. The highest BCUT2D eigenvalue weighted by Crippen LogP contribution is 2.29. The summed E-state index contributed by atoms with van der Waals surface area (Å²) >= 11 is 0. The number of nitro groups is 1. The molecule has 9 heteroatoms. The van der Waals surface area contributed by atoms with Gasteiger partial charge in [0.2, 0.25) is 11.8 Å². The minimum absolute atomic E-state index is 0.0682. The molecule has 190 valence electrons. The van der Waals surface area contributed by atoms with Gasteiger partial charge in [-0.1, -0.05) is 44.6 Å². The molecule has 2 aromatic rings. The van der Waals surface area contributed by atoms with Gasteiger partial charge in [0.25, 0.3) is 11.6 Å². The third-order valence-electron chi connectivity index (χ3n) is 7.00. The van der Waals surface area contributed by atoms with Crippen LogP contribution in [0.4, 0.5) is 22.7 Å². The summed E-state index contributed by atoms with van der Waals surface area (Å²) in [5, 5.41) is 19.6. The molecule has 0 radical (unpaired) electrons. The Kier molecular flexibility index (Phi) is 8.30. The first-order valence-electron chi connectivity index (χ1n) is 12.7. The summed E-state index contributed by atoms with van der Waals surface area (Å²) in [7, 11) is 0. The number of anilines is 3. The van der Waals surface area contributed by atoms with Crippen LogP contribution in [0.25, 0.3) is 0 Å². The second-order valence-electron chi connectivity index (χ2n) is 9.71. The molecule has 2 aliphatic carbocycles. The van der Waals surface area contributed by atoms with Gasteiger partial charge in [0.05, 0.1) is 4.92 Å². The van der Waals surface area contributed by atoms with E-state index >= 15 is 0 Å². The van der Waals surface area contributed by atoms with Crippen molar-refractivity contribution >= 4 is 40.5 Å². The van der Waals surface area contributed by atoms with Crippen molar-refractivity contribution in [3.63, 3.8) is 0 Å². The predicted molar refractivity (Wildman–Crippen MR) is 138 cm³/mol. The summed E-state index contributed by atoms with van der Waals surface area (Å²) in [6, 6.07) is 10.5. The van der Waals surface area contributed by atoms with E-state index in [-0.39, 0.29) is 40.6 Å². The fourth-order valence-electron chi connectivity index (χ4n) is 5.02. The molecular formula is C27H32N4O5. The molecule has 2 aromatic carbocycles. The SMILES string of the molecule is O=C(Nc1cccc([N+](=O)[O-])c1)c1cc(NC(=O)C2CCCCC2)cc(NC(=O)C2CCCCC2)c1. The number of non-ortho nitro benzene ring substituents is 1. The van der Waals surface area contributed by atoms with E-state index in [0.717, 1.165) is 64.2 Å². The highest BCUT2D eigenvalue weighted by Gasteiger charge is 2.24. The Hall–Kier alpha value is -3.75. The predicted octanol–water partition coefficient (Wildman–Crippen LogP) is 5.88. The Bertz CT molecular complexity index is 1090. The zero-order chi connectivity index (χ0) is 25.5. The fraction of sp³-hybridized carbons (Fsp3) is 0.444. The molecule has 0 atom stereocenters. The lowest BCUT2D eigenvalue weighted by Crippen LogP contribution is -2.26. The number of carbonyl (C=O) groups is 3. The topological polar surface area (TPSA) is 130 Å². The number of hydrogen-bond donors (Lipinski definition) is 3. The van der Waals surface area contributed by atoms with E-state index in [9.17, 15) is 24.5 Å². The number of nitrogens with zero attached hydrogens (tertiary/aromatic N) is 1. The molecule has 0 spiro atoms. The van der Waals surface area contributed by atoms with Gasteiger partial charge in [0.15, 0.2) is 0 Å². The fourth-order valence-corrected chi connectivity index (χ4v) is 5.02. The maximum Gasteiger partial charge on any atom is 0.271 e. The van der Waals surface area contributed by atoms with Crippen molar-refractivity contribution in [1.82, 2.24) is 0 Å². The number of hydrogen-bond acceptors (Lipinski definition) is 5. The molecule has 9 nitrogen and oxygen atoms in total. The van der Waals surface area contributed by atoms with Gasteiger partial charge in [-0.25, -0.2) is 0 Å². The second-order valence-corrected chi connectivity index (χ2v) is 9.71. The van der Waals surface area contributed by atoms with Gasteiger partial charge >= 0.3 is 0 Å². The van der Waals surface area contributed by atoms with E-state index in [1.807, 2.05) is 0 Å². The zero-order valence-electron chi connectivity index (χ0n) is 20.3. The summed E-state index contributed by atoms with van der Waals surface area (Å²) in [6.07, 6.45) is 9.70. The average molecular weight is 493 g/mol. The highest BCUT2D eigenvalue weighted by atomic mass is 16.6. The first kappa shape index (κ1) is 25.3. The van der Waals surface area contributed by atoms with Crippen molar-refractivity contribution in [3.8, 4) is 0 Å². The summed E-state index contributed by atoms with van der Waals surface area (Å²) in [5.41, 5.74) is 1.22. The Morgan fingerprint density at radius 2 is 1.22 bits per heavy atom. The quantitative estimate of drug-likeness (QED) is 0.328. The second kappa shape index (κ2) is 11.8. The maximum absolute atomic E-state index is 13.1. The van der Waals surface area contributed by atoms with Crippen LogP contribution in [0.5, 0.6) is 0 Å². The lowest BCUT2D eigenvalue weighted by molar-refractivity contribution is -0.384. The van der Waals surface area contributed by atoms with Crippen LogP contribution in [-0.2, 0) is 9.59 Å². The van der Waals surface area contributed by atoms with Gasteiger partial charge in [0, 0.05) is 46.6 Å². The van der Waals surface area contributed by atoms with Crippen LogP contribution < -0.4 is 16.0 Å². The van der Waals surface area contributed by atoms with Crippen LogP contribution in [0, 0.1) is 22.0 Å². The monoisotopic (exact) mass is 492 g/mol. The van der Waals surface area contributed by atoms with Gasteiger partial charge in [-0.3, -0.25) is 24.5 Å². The van der Waals surface area contributed by atoms with Crippen molar-refractivity contribution in [2.24, 2.45) is 11.8 Å². The van der Waals surface area contributed by atoms with Crippen LogP contribution in [0.15, 0.2) is 42.5 Å². The van der Waals surface area contributed by atoms with Gasteiger partial charge < -0.3 is 16.0 Å². The molecule has 0 saturated heterocycles. The van der Waals surface area contributed by atoms with Crippen molar-refractivity contribution in [3.05, 3.63) is 58.1 Å². The van der Waals surface area contributed by atoms with E-state index in [1.54, 1.807) is 24.3 Å². The van der Waals surface area contributed by atoms with E-state index < -0.39 is 10.8 Å². The van der Waals surface area contributed by atoms with Crippen LogP contribution in [0.1, 0.15) is 74.6 Å². The highest BCUT2D eigenvalue weighted by molar-refractivity contribution is 6.07. The molecule has 4 rings (SSSR count). The van der Waals surface area contributed by atoms with Crippen LogP contribution in [0.3, 0.4) is 0 Å². The molecule has 0 heterocycles. The van der Waals surface area contributed by atoms with Crippen LogP contribution >= 0.6 is 0 Å². The number of benzene rings is 2. The number of nitro benzene ring substituents is 1. The Morgan fingerprint density at radius 1 is 0.694 bits per heavy atom. The summed E-state index contributed by atoms with van der Waals surface area (Å²) in [6.45, 7) is 0. The van der Waals surface area contributed by atoms with Crippen molar-refractivity contribution < 1.29 is 19.3 Å². The molecular weight excluding hydrogens is 460 g/mol. The number of carbonyl (C=O) groups excluding carboxylic acids is 3. The van der Waals surface area contributed by atoms with Gasteiger partial charge in [0.1, 0.15) is 0 Å². The molecule has 36 heavy (non-hydrogen) atoms. The van der Waals surface area contributed by atoms with Gasteiger partial charge in [-0.15, -0.1) is 0 Å². The van der Waals surface area contributed by atoms with E-state index in [0.29, 0.717) is 11.4 Å². The first-order chi connectivity index (χ1) is 17.4. The standard InChI is InChI=1S/C27H32N4O5/c32-25(18-8-3-1-4-9-18)29-22-14-20(27(34)28-21-12-7-13-24(17-21)31(35)36)15-23(16-22)30-26(33)19-10-5-2-6-11-19/h7,12-19H,1-6,8-11H2,(H,28,34)(H,29,32)(H,30,33). The minimum Gasteiger partial charge on any atom is -0.326 e. The summed E-state index contributed by atoms with van der Waals surface area (Å²) < 4.78 is 0. The maximum atomic E-state index is 13.1. The third-order valence-corrected chi connectivity index (χ3v) is 7.00. The van der Waals surface area contributed by atoms with Crippen LogP contribution in [0.2, 0.25) is 0 Å². The number of nitrogens with one attached hydrogen (secondary N) is 3. The Labute approximate surface area is 210 Å². The van der Waals surface area contributed by atoms with Crippen molar-refractivity contribution in [1.29, 1.82) is 0 Å². The molecule has 0 bridgehead atoms. The summed E-state index contributed by atoms with van der Waals surface area (Å²) in [5.74, 6) is -0.814. The van der Waals surface area contributed by atoms with Crippen molar-refractivity contribution in [2.45, 2.75) is 64.2 Å².